The number of aryl methyl sites for hydroxylation is 1. The standard InChI is InChI=1S/C14H22N2O2S/c1-3-11(2)10-16-19(17,18)13-7-6-12-5-4-8-15-14(12)9-13/h6-7,9,11,15-16H,3-5,8,10H2,1-2H3. The van der Waals surface area contributed by atoms with Crippen LogP contribution in [0.4, 0.5) is 5.69 Å². The lowest BCUT2D eigenvalue weighted by Crippen LogP contribution is -2.28. The molecule has 0 amide bonds. The number of sulfonamides is 1. The average molecular weight is 282 g/mol. The highest BCUT2D eigenvalue weighted by Gasteiger charge is 2.17. The summed E-state index contributed by atoms with van der Waals surface area (Å²) in [5.74, 6) is 0.352. The van der Waals surface area contributed by atoms with Gasteiger partial charge < -0.3 is 5.32 Å². The van der Waals surface area contributed by atoms with Gasteiger partial charge in [0.15, 0.2) is 0 Å². The second-order valence-electron chi connectivity index (χ2n) is 5.21. The van der Waals surface area contributed by atoms with Crippen LogP contribution in [-0.4, -0.2) is 21.5 Å². The molecule has 1 aliphatic heterocycles. The Morgan fingerprint density at radius 1 is 1.42 bits per heavy atom. The fourth-order valence-electron chi connectivity index (χ4n) is 2.09. The van der Waals surface area contributed by atoms with Gasteiger partial charge in [-0.2, -0.15) is 0 Å². The average Bonchev–Trinajstić information content (AvgIpc) is 2.44. The van der Waals surface area contributed by atoms with Gasteiger partial charge in [0.05, 0.1) is 4.90 Å². The Bertz CT molecular complexity index is 540. The van der Waals surface area contributed by atoms with E-state index < -0.39 is 10.0 Å². The summed E-state index contributed by atoms with van der Waals surface area (Å²) in [4.78, 5) is 0.351. The lowest BCUT2D eigenvalue weighted by atomic mass is 10.0. The number of hydrogen-bond acceptors (Lipinski definition) is 3. The molecule has 1 aromatic carbocycles. The van der Waals surface area contributed by atoms with Crippen molar-refractivity contribution < 1.29 is 8.42 Å². The van der Waals surface area contributed by atoms with Gasteiger partial charge in [0, 0.05) is 18.8 Å². The van der Waals surface area contributed by atoms with Crippen LogP contribution in [0.5, 0.6) is 0 Å². The molecule has 0 spiro atoms. The van der Waals surface area contributed by atoms with Crippen LogP contribution in [0.15, 0.2) is 23.1 Å². The van der Waals surface area contributed by atoms with E-state index in [-0.39, 0.29) is 0 Å². The fourth-order valence-corrected chi connectivity index (χ4v) is 3.28. The zero-order chi connectivity index (χ0) is 13.9. The molecule has 0 fully saturated rings. The van der Waals surface area contributed by atoms with E-state index in [1.54, 1.807) is 12.1 Å². The Hall–Kier alpha value is -1.07. The van der Waals surface area contributed by atoms with Crippen molar-refractivity contribution in [2.45, 2.75) is 38.0 Å². The molecule has 4 nitrogen and oxygen atoms in total. The molecule has 106 valence electrons. The van der Waals surface area contributed by atoms with E-state index >= 15 is 0 Å². The van der Waals surface area contributed by atoms with E-state index in [4.69, 9.17) is 0 Å². The largest absolute Gasteiger partial charge is 0.385 e. The Morgan fingerprint density at radius 3 is 2.95 bits per heavy atom. The van der Waals surface area contributed by atoms with Crippen molar-refractivity contribution in [3.05, 3.63) is 23.8 Å². The van der Waals surface area contributed by atoms with E-state index in [1.165, 1.54) is 5.56 Å². The highest BCUT2D eigenvalue weighted by molar-refractivity contribution is 7.89. The predicted octanol–water partition coefficient (Wildman–Crippen LogP) is 2.37. The zero-order valence-electron chi connectivity index (χ0n) is 11.6. The highest BCUT2D eigenvalue weighted by atomic mass is 32.2. The molecule has 1 unspecified atom stereocenters. The maximum Gasteiger partial charge on any atom is 0.240 e. The molecule has 2 N–H and O–H groups in total. The molecule has 19 heavy (non-hydrogen) atoms. The summed E-state index contributed by atoms with van der Waals surface area (Å²) in [5, 5.41) is 3.26. The van der Waals surface area contributed by atoms with Crippen LogP contribution in [0.25, 0.3) is 0 Å². The van der Waals surface area contributed by atoms with Crippen LogP contribution in [-0.2, 0) is 16.4 Å². The normalized spacial score (nSPS) is 16.5. The van der Waals surface area contributed by atoms with Crippen LogP contribution >= 0.6 is 0 Å². The van der Waals surface area contributed by atoms with Gasteiger partial charge in [-0.1, -0.05) is 26.3 Å². The van der Waals surface area contributed by atoms with Crippen molar-refractivity contribution >= 4 is 15.7 Å². The summed E-state index contributed by atoms with van der Waals surface area (Å²) in [6.45, 7) is 5.50. The first-order valence-corrected chi connectivity index (χ1v) is 8.37. The summed E-state index contributed by atoms with van der Waals surface area (Å²) < 4.78 is 27.1. The Kier molecular flexibility index (Phi) is 4.47. The summed E-state index contributed by atoms with van der Waals surface area (Å²) in [6.07, 6.45) is 3.09. The number of benzene rings is 1. The summed E-state index contributed by atoms with van der Waals surface area (Å²) in [5.41, 5.74) is 2.16. The maximum atomic E-state index is 12.2. The first-order valence-electron chi connectivity index (χ1n) is 6.89. The van der Waals surface area contributed by atoms with Gasteiger partial charge in [-0.25, -0.2) is 13.1 Å². The van der Waals surface area contributed by atoms with Crippen LogP contribution < -0.4 is 10.0 Å². The Morgan fingerprint density at radius 2 is 2.21 bits per heavy atom. The highest BCUT2D eigenvalue weighted by Crippen LogP contribution is 2.25. The minimum Gasteiger partial charge on any atom is -0.385 e. The van der Waals surface area contributed by atoms with Crippen molar-refractivity contribution in [3.8, 4) is 0 Å². The number of nitrogens with one attached hydrogen (secondary N) is 2. The van der Waals surface area contributed by atoms with E-state index in [0.29, 0.717) is 17.4 Å². The zero-order valence-corrected chi connectivity index (χ0v) is 12.4. The number of rotatable bonds is 5. The quantitative estimate of drug-likeness (QED) is 0.871. The molecule has 0 aliphatic carbocycles. The lowest BCUT2D eigenvalue weighted by Gasteiger charge is -2.19. The minimum absolute atomic E-state index is 0.351. The molecular weight excluding hydrogens is 260 g/mol. The molecule has 0 saturated carbocycles. The van der Waals surface area contributed by atoms with Crippen molar-refractivity contribution in [1.82, 2.24) is 4.72 Å². The third-order valence-electron chi connectivity index (χ3n) is 3.65. The molecule has 1 heterocycles. The second-order valence-corrected chi connectivity index (χ2v) is 6.98. The topological polar surface area (TPSA) is 58.2 Å². The van der Waals surface area contributed by atoms with Gasteiger partial charge in [0.25, 0.3) is 0 Å². The van der Waals surface area contributed by atoms with Crippen molar-refractivity contribution in [1.29, 1.82) is 0 Å². The molecule has 0 bridgehead atoms. The first kappa shape index (κ1) is 14.3. The first-order chi connectivity index (χ1) is 9.03. The molecule has 5 heteroatoms. The van der Waals surface area contributed by atoms with Gasteiger partial charge in [0.1, 0.15) is 0 Å². The molecule has 1 atom stereocenters. The molecule has 1 aromatic rings. The molecular formula is C14H22N2O2S. The molecule has 2 rings (SSSR count). The SMILES string of the molecule is CCC(C)CNS(=O)(=O)c1ccc2c(c1)NCCC2. The van der Waals surface area contributed by atoms with Gasteiger partial charge in [-0.3, -0.25) is 0 Å². The fraction of sp³-hybridized carbons (Fsp3) is 0.571. The van der Waals surface area contributed by atoms with Crippen molar-refractivity contribution in [2.24, 2.45) is 5.92 Å². The van der Waals surface area contributed by atoms with E-state index in [0.717, 1.165) is 31.5 Å². The summed E-state index contributed by atoms with van der Waals surface area (Å²) >= 11 is 0. The Labute approximate surface area is 115 Å². The van der Waals surface area contributed by atoms with Gasteiger partial charge in [-0.05, 0) is 36.5 Å². The maximum absolute atomic E-state index is 12.2. The summed E-state index contributed by atoms with van der Waals surface area (Å²) in [6, 6.07) is 5.36. The number of anilines is 1. The van der Waals surface area contributed by atoms with Gasteiger partial charge >= 0.3 is 0 Å². The third-order valence-corrected chi connectivity index (χ3v) is 5.07. The van der Waals surface area contributed by atoms with Crippen LogP contribution in [0.2, 0.25) is 0 Å². The van der Waals surface area contributed by atoms with Crippen molar-refractivity contribution in [2.75, 3.05) is 18.4 Å². The third kappa shape index (κ3) is 3.48. The predicted molar refractivity (Wildman–Crippen MR) is 77.9 cm³/mol. The Balaban J connectivity index is 2.16. The molecule has 0 radical (unpaired) electrons. The lowest BCUT2D eigenvalue weighted by molar-refractivity contribution is 0.528. The second kappa shape index (κ2) is 5.92. The van der Waals surface area contributed by atoms with E-state index in [1.807, 2.05) is 13.0 Å². The molecule has 0 saturated heterocycles. The number of fused-ring (bicyclic) bond motifs is 1. The molecule has 1 aliphatic rings. The van der Waals surface area contributed by atoms with Gasteiger partial charge in [-0.15, -0.1) is 0 Å². The van der Waals surface area contributed by atoms with Crippen LogP contribution in [0, 0.1) is 5.92 Å². The molecule has 0 aromatic heterocycles. The number of hydrogen-bond donors (Lipinski definition) is 2. The monoisotopic (exact) mass is 282 g/mol. The minimum atomic E-state index is -3.39. The van der Waals surface area contributed by atoms with E-state index in [9.17, 15) is 8.42 Å². The smallest absolute Gasteiger partial charge is 0.240 e. The van der Waals surface area contributed by atoms with Crippen LogP contribution in [0.3, 0.4) is 0 Å². The summed E-state index contributed by atoms with van der Waals surface area (Å²) in [7, 11) is -3.39. The van der Waals surface area contributed by atoms with E-state index in [2.05, 4.69) is 17.0 Å². The van der Waals surface area contributed by atoms with Gasteiger partial charge in [0.2, 0.25) is 10.0 Å². The van der Waals surface area contributed by atoms with Crippen molar-refractivity contribution in [3.63, 3.8) is 0 Å². The van der Waals surface area contributed by atoms with Crippen LogP contribution in [0.1, 0.15) is 32.3 Å².